The summed E-state index contributed by atoms with van der Waals surface area (Å²) in [5, 5.41) is 10.9. The highest BCUT2D eigenvalue weighted by atomic mass is 19.2. The van der Waals surface area contributed by atoms with Crippen molar-refractivity contribution in [2.45, 2.75) is 32.1 Å². The summed E-state index contributed by atoms with van der Waals surface area (Å²) in [6.45, 7) is 0.298. The van der Waals surface area contributed by atoms with Crippen molar-refractivity contribution in [2.75, 3.05) is 6.54 Å². The number of unbranched alkanes of at least 4 members (excludes halogenated alkanes) is 3. The number of hydrogen-bond donors (Lipinski definition) is 2. The summed E-state index contributed by atoms with van der Waals surface area (Å²) in [6, 6.07) is 1.28. The Balaban J connectivity index is 2.30. The van der Waals surface area contributed by atoms with E-state index in [2.05, 4.69) is 5.32 Å². The standard InChI is InChI=1S/C14H16F3NO3/c15-10-7-9(8-11(16)13(10)17)14(21)18-6-4-2-1-3-5-12(19)20/h7-8H,1-6H2,(H,18,21)(H,19,20). The Labute approximate surface area is 120 Å². The van der Waals surface area contributed by atoms with E-state index in [1.165, 1.54) is 0 Å². The fraction of sp³-hybridized carbons (Fsp3) is 0.429. The minimum Gasteiger partial charge on any atom is -0.481 e. The Morgan fingerprint density at radius 1 is 1.00 bits per heavy atom. The average molecular weight is 303 g/mol. The summed E-state index contributed by atoms with van der Waals surface area (Å²) in [6.07, 6.45) is 2.76. The minimum atomic E-state index is -1.61. The van der Waals surface area contributed by atoms with Gasteiger partial charge in [0, 0.05) is 18.5 Å². The maximum Gasteiger partial charge on any atom is 0.303 e. The van der Waals surface area contributed by atoms with E-state index in [1.807, 2.05) is 0 Å². The number of hydrogen-bond acceptors (Lipinski definition) is 2. The summed E-state index contributed by atoms with van der Waals surface area (Å²) in [7, 11) is 0. The van der Waals surface area contributed by atoms with Crippen LogP contribution in [0, 0.1) is 17.5 Å². The van der Waals surface area contributed by atoms with Crippen molar-refractivity contribution in [2.24, 2.45) is 0 Å². The van der Waals surface area contributed by atoms with E-state index in [4.69, 9.17) is 5.11 Å². The number of halogens is 3. The van der Waals surface area contributed by atoms with Crippen LogP contribution in [-0.2, 0) is 4.79 Å². The van der Waals surface area contributed by atoms with Crippen LogP contribution in [0.1, 0.15) is 42.5 Å². The zero-order valence-corrected chi connectivity index (χ0v) is 11.3. The van der Waals surface area contributed by atoms with Crippen molar-refractivity contribution in [1.82, 2.24) is 5.32 Å². The molecule has 116 valence electrons. The maximum atomic E-state index is 13.0. The second kappa shape index (κ2) is 8.28. The van der Waals surface area contributed by atoms with E-state index < -0.39 is 29.3 Å². The fourth-order valence-corrected chi connectivity index (χ4v) is 1.75. The third kappa shape index (κ3) is 5.85. The Bertz CT molecular complexity index is 497. The molecule has 0 spiro atoms. The van der Waals surface area contributed by atoms with Crippen molar-refractivity contribution in [3.05, 3.63) is 35.1 Å². The van der Waals surface area contributed by atoms with Gasteiger partial charge in [-0.3, -0.25) is 9.59 Å². The van der Waals surface area contributed by atoms with E-state index in [9.17, 15) is 22.8 Å². The average Bonchev–Trinajstić information content (AvgIpc) is 2.42. The molecule has 0 aliphatic carbocycles. The molecule has 0 fully saturated rings. The first-order valence-electron chi connectivity index (χ1n) is 6.56. The minimum absolute atomic E-state index is 0.112. The summed E-state index contributed by atoms with van der Waals surface area (Å²) >= 11 is 0. The SMILES string of the molecule is O=C(O)CCCCCCNC(=O)c1cc(F)c(F)c(F)c1. The lowest BCUT2D eigenvalue weighted by molar-refractivity contribution is -0.137. The number of carbonyl (C=O) groups excluding carboxylic acids is 1. The molecular weight excluding hydrogens is 287 g/mol. The van der Waals surface area contributed by atoms with Crippen LogP contribution >= 0.6 is 0 Å². The van der Waals surface area contributed by atoms with Gasteiger partial charge in [-0.2, -0.15) is 0 Å². The largest absolute Gasteiger partial charge is 0.481 e. The van der Waals surface area contributed by atoms with E-state index >= 15 is 0 Å². The lowest BCUT2D eigenvalue weighted by Gasteiger charge is -2.06. The first kappa shape index (κ1) is 17.0. The summed E-state index contributed by atoms with van der Waals surface area (Å²) < 4.78 is 38.6. The summed E-state index contributed by atoms with van der Waals surface area (Å²) in [5.41, 5.74) is -0.280. The zero-order chi connectivity index (χ0) is 15.8. The molecule has 0 heterocycles. The molecule has 1 amide bonds. The number of carboxylic acids is 1. The predicted octanol–water partition coefficient (Wildman–Crippen LogP) is 2.87. The molecule has 0 unspecified atom stereocenters. The second-order valence-corrected chi connectivity index (χ2v) is 4.57. The Morgan fingerprint density at radius 3 is 2.14 bits per heavy atom. The van der Waals surface area contributed by atoms with Crippen molar-refractivity contribution in [3.8, 4) is 0 Å². The number of rotatable bonds is 8. The highest BCUT2D eigenvalue weighted by Crippen LogP contribution is 2.13. The van der Waals surface area contributed by atoms with Crippen LogP contribution in [0.25, 0.3) is 0 Å². The van der Waals surface area contributed by atoms with Gasteiger partial charge >= 0.3 is 5.97 Å². The summed E-state index contributed by atoms with van der Waals surface area (Å²) in [5.74, 6) is -5.95. The lowest BCUT2D eigenvalue weighted by atomic mass is 10.1. The van der Waals surface area contributed by atoms with Gasteiger partial charge in [0.25, 0.3) is 5.91 Å². The molecular formula is C14H16F3NO3. The molecule has 1 rings (SSSR count). The van der Waals surface area contributed by atoms with Gasteiger partial charge < -0.3 is 10.4 Å². The normalized spacial score (nSPS) is 10.4. The molecule has 0 atom stereocenters. The molecule has 0 aliphatic rings. The van der Waals surface area contributed by atoms with Gasteiger partial charge in [-0.1, -0.05) is 12.8 Å². The molecule has 2 N–H and O–H groups in total. The van der Waals surface area contributed by atoms with Crippen LogP contribution in [0.2, 0.25) is 0 Å². The van der Waals surface area contributed by atoms with Gasteiger partial charge in [-0.15, -0.1) is 0 Å². The fourth-order valence-electron chi connectivity index (χ4n) is 1.75. The van der Waals surface area contributed by atoms with Crippen LogP contribution in [0.15, 0.2) is 12.1 Å². The van der Waals surface area contributed by atoms with Crippen LogP contribution in [0.5, 0.6) is 0 Å². The van der Waals surface area contributed by atoms with E-state index in [0.29, 0.717) is 31.5 Å². The number of carbonyl (C=O) groups is 2. The first-order chi connectivity index (χ1) is 9.91. The van der Waals surface area contributed by atoms with Crippen LogP contribution in [-0.4, -0.2) is 23.5 Å². The van der Waals surface area contributed by atoms with Gasteiger partial charge in [-0.05, 0) is 25.0 Å². The third-order valence-electron chi connectivity index (χ3n) is 2.85. The molecule has 0 aliphatic heterocycles. The molecule has 1 aromatic rings. The van der Waals surface area contributed by atoms with E-state index in [1.54, 1.807) is 0 Å². The molecule has 4 nitrogen and oxygen atoms in total. The van der Waals surface area contributed by atoms with E-state index in [0.717, 1.165) is 12.8 Å². The number of nitrogens with one attached hydrogen (secondary N) is 1. The first-order valence-corrected chi connectivity index (χ1v) is 6.56. The smallest absolute Gasteiger partial charge is 0.303 e. The van der Waals surface area contributed by atoms with Gasteiger partial charge in [0.15, 0.2) is 17.5 Å². The molecule has 0 aromatic heterocycles. The number of aliphatic carboxylic acids is 1. The molecule has 0 bridgehead atoms. The second-order valence-electron chi connectivity index (χ2n) is 4.57. The van der Waals surface area contributed by atoms with Crippen LogP contribution in [0.3, 0.4) is 0 Å². The van der Waals surface area contributed by atoms with Crippen LogP contribution in [0.4, 0.5) is 13.2 Å². The number of benzene rings is 1. The Morgan fingerprint density at radius 2 is 1.57 bits per heavy atom. The number of amides is 1. The van der Waals surface area contributed by atoms with Gasteiger partial charge in [0.1, 0.15) is 0 Å². The summed E-state index contributed by atoms with van der Waals surface area (Å²) in [4.78, 5) is 21.9. The maximum absolute atomic E-state index is 13.0. The molecule has 0 saturated heterocycles. The Kier molecular flexibility index (Phi) is 6.71. The van der Waals surface area contributed by atoms with E-state index in [-0.39, 0.29) is 12.0 Å². The predicted molar refractivity (Wildman–Crippen MR) is 69.4 cm³/mol. The monoisotopic (exact) mass is 303 g/mol. The van der Waals surface area contributed by atoms with Gasteiger partial charge in [-0.25, -0.2) is 13.2 Å². The molecule has 21 heavy (non-hydrogen) atoms. The van der Waals surface area contributed by atoms with Crippen molar-refractivity contribution >= 4 is 11.9 Å². The quantitative estimate of drug-likeness (QED) is 0.573. The van der Waals surface area contributed by atoms with Crippen molar-refractivity contribution in [1.29, 1.82) is 0 Å². The number of carboxylic acid groups (broad SMARTS) is 1. The van der Waals surface area contributed by atoms with Crippen molar-refractivity contribution < 1.29 is 27.9 Å². The topological polar surface area (TPSA) is 66.4 Å². The third-order valence-corrected chi connectivity index (χ3v) is 2.85. The Hall–Kier alpha value is -2.05. The van der Waals surface area contributed by atoms with Gasteiger partial charge in [0.2, 0.25) is 0 Å². The lowest BCUT2D eigenvalue weighted by Crippen LogP contribution is -2.24. The molecule has 1 aromatic carbocycles. The zero-order valence-electron chi connectivity index (χ0n) is 11.3. The highest BCUT2D eigenvalue weighted by Gasteiger charge is 2.14. The molecule has 7 heteroatoms. The molecule has 0 radical (unpaired) electrons. The van der Waals surface area contributed by atoms with Crippen molar-refractivity contribution in [3.63, 3.8) is 0 Å². The van der Waals surface area contributed by atoms with Crippen LogP contribution < -0.4 is 5.32 Å². The molecule has 0 saturated carbocycles. The highest BCUT2D eigenvalue weighted by molar-refractivity contribution is 5.94. The van der Waals surface area contributed by atoms with Gasteiger partial charge in [0.05, 0.1) is 0 Å².